The molecule has 1 heterocycles. The van der Waals surface area contributed by atoms with E-state index in [1.54, 1.807) is 0 Å². The minimum absolute atomic E-state index is 0.341. The van der Waals surface area contributed by atoms with Crippen LogP contribution in [0.4, 0.5) is 0 Å². The van der Waals surface area contributed by atoms with E-state index in [9.17, 15) is 9.90 Å². The standard InChI is InChI=1S/C15H17NO2S/c1-3-10(4-2)14-16-12(13(19-14)15(17)18)11-8-6-5-7-9-11/h5-10H,3-4H2,1-2H3,(H,17,18). The van der Waals surface area contributed by atoms with Gasteiger partial charge in [0.05, 0.1) is 10.7 Å². The normalized spacial score (nSPS) is 10.9. The molecule has 1 aromatic heterocycles. The lowest BCUT2D eigenvalue weighted by molar-refractivity contribution is 0.0702. The fourth-order valence-electron chi connectivity index (χ4n) is 2.09. The van der Waals surface area contributed by atoms with E-state index < -0.39 is 5.97 Å². The number of hydrogen-bond donors (Lipinski definition) is 1. The average Bonchev–Trinajstić information content (AvgIpc) is 2.86. The van der Waals surface area contributed by atoms with Gasteiger partial charge in [0.1, 0.15) is 4.88 Å². The largest absolute Gasteiger partial charge is 0.477 e. The third-order valence-electron chi connectivity index (χ3n) is 3.22. The summed E-state index contributed by atoms with van der Waals surface area (Å²) in [5.41, 5.74) is 1.47. The summed E-state index contributed by atoms with van der Waals surface area (Å²) in [7, 11) is 0. The van der Waals surface area contributed by atoms with E-state index in [0.717, 1.165) is 23.4 Å². The lowest BCUT2D eigenvalue weighted by Gasteiger charge is -2.06. The highest BCUT2D eigenvalue weighted by atomic mass is 32.1. The molecule has 0 amide bonds. The van der Waals surface area contributed by atoms with E-state index in [1.165, 1.54) is 11.3 Å². The lowest BCUT2D eigenvalue weighted by Crippen LogP contribution is -1.95. The van der Waals surface area contributed by atoms with Gasteiger partial charge < -0.3 is 5.11 Å². The second-order valence-corrected chi connectivity index (χ2v) is 5.45. The van der Waals surface area contributed by atoms with Crippen molar-refractivity contribution in [1.82, 2.24) is 4.98 Å². The van der Waals surface area contributed by atoms with Crippen LogP contribution in [0.15, 0.2) is 30.3 Å². The molecule has 0 aliphatic heterocycles. The first-order chi connectivity index (χ1) is 9.17. The van der Waals surface area contributed by atoms with Crippen LogP contribution in [0.2, 0.25) is 0 Å². The molecule has 0 spiro atoms. The fraction of sp³-hybridized carbons (Fsp3) is 0.333. The van der Waals surface area contributed by atoms with Gasteiger partial charge in [-0.2, -0.15) is 0 Å². The number of aromatic carboxylic acids is 1. The molecule has 100 valence electrons. The summed E-state index contributed by atoms with van der Waals surface area (Å²) in [5, 5.41) is 10.3. The van der Waals surface area contributed by atoms with Crippen LogP contribution in [0.5, 0.6) is 0 Å². The molecule has 0 aliphatic rings. The molecule has 0 atom stereocenters. The van der Waals surface area contributed by atoms with Gasteiger partial charge in [0.2, 0.25) is 0 Å². The Labute approximate surface area is 116 Å². The molecular weight excluding hydrogens is 258 g/mol. The summed E-state index contributed by atoms with van der Waals surface area (Å²) in [6, 6.07) is 9.52. The number of nitrogens with zero attached hydrogens (tertiary/aromatic N) is 1. The minimum atomic E-state index is -0.895. The Balaban J connectivity index is 2.51. The highest BCUT2D eigenvalue weighted by Crippen LogP contribution is 2.34. The molecular formula is C15H17NO2S. The topological polar surface area (TPSA) is 50.2 Å². The third kappa shape index (κ3) is 2.84. The maximum absolute atomic E-state index is 11.4. The van der Waals surface area contributed by atoms with E-state index >= 15 is 0 Å². The second kappa shape index (κ2) is 5.97. The molecule has 3 nitrogen and oxygen atoms in total. The molecule has 0 bridgehead atoms. The molecule has 0 radical (unpaired) electrons. The van der Waals surface area contributed by atoms with Gasteiger partial charge in [-0.1, -0.05) is 44.2 Å². The molecule has 2 rings (SSSR count). The fourth-order valence-corrected chi connectivity index (χ4v) is 3.28. The lowest BCUT2D eigenvalue weighted by atomic mass is 10.0. The van der Waals surface area contributed by atoms with Crippen molar-refractivity contribution in [2.75, 3.05) is 0 Å². The van der Waals surface area contributed by atoms with Crippen molar-refractivity contribution in [3.63, 3.8) is 0 Å². The van der Waals surface area contributed by atoms with Crippen molar-refractivity contribution >= 4 is 17.3 Å². The zero-order valence-corrected chi connectivity index (χ0v) is 11.9. The van der Waals surface area contributed by atoms with Crippen molar-refractivity contribution in [2.45, 2.75) is 32.6 Å². The first kappa shape index (κ1) is 13.7. The predicted octanol–water partition coefficient (Wildman–Crippen LogP) is 4.41. The minimum Gasteiger partial charge on any atom is -0.477 e. The van der Waals surface area contributed by atoms with Gasteiger partial charge in [-0.05, 0) is 12.8 Å². The molecule has 0 aliphatic carbocycles. The Hall–Kier alpha value is -1.68. The van der Waals surface area contributed by atoms with Crippen LogP contribution in [-0.2, 0) is 0 Å². The number of aromatic nitrogens is 1. The van der Waals surface area contributed by atoms with Gasteiger partial charge in [0.25, 0.3) is 0 Å². The molecule has 0 saturated carbocycles. The number of carbonyl (C=O) groups is 1. The second-order valence-electron chi connectivity index (χ2n) is 4.41. The van der Waals surface area contributed by atoms with Gasteiger partial charge >= 0.3 is 5.97 Å². The van der Waals surface area contributed by atoms with Crippen molar-refractivity contribution in [3.05, 3.63) is 40.2 Å². The molecule has 0 fully saturated rings. The van der Waals surface area contributed by atoms with Crippen LogP contribution < -0.4 is 0 Å². The summed E-state index contributed by atoms with van der Waals surface area (Å²) in [5.74, 6) is -0.547. The quantitative estimate of drug-likeness (QED) is 0.879. The number of carboxylic acids is 1. The summed E-state index contributed by atoms with van der Waals surface area (Å²) < 4.78 is 0. The zero-order valence-electron chi connectivity index (χ0n) is 11.1. The monoisotopic (exact) mass is 275 g/mol. The van der Waals surface area contributed by atoms with Gasteiger partial charge in [-0.25, -0.2) is 9.78 Å². The summed E-state index contributed by atoms with van der Waals surface area (Å²) in [6.45, 7) is 4.22. The van der Waals surface area contributed by atoms with Crippen LogP contribution in [0.25, 0.3) is 11.3 Å². The molecule has 19 heavy (non-hydrogen) atoms. The molecule has 1 aromatic carbocycles. The van der Waals surface area contributed by atoms with Gasteiger partial charge in [0, 0.05) is 11.5 Å². The van der Waals surface area contributed by atoms with Gasteiger partial charge in [-0.3, -0.25) is 0 Å². The Kier molecular flexibility index (Phi) is 4.32. The maximum Gasteiger partial charge on any atom is 0.348 e. The van der Waals surface area contributed by atoms with Crippen LogP contribution in [0.1, 0.15) is 47.3 Å². The van der Waals surface area contributed by atoms with E-state index in [2.05, 4.69) is 18.8 Å². The average molecular weight is 275 g/mol. The van der Waals surface area contributed by atoms with Crippen LogP contribution >= 0.6 is 11.3 Å². The first-order valence-corrected chi connectivity index (χ1v) is 7.28. The number of rotatable bonds is 5. The van der Waals surface area contributed by atoms with Crippen LogP contribution in [-0.4, -0.2) is 16.1 Å². The summed E-state index contributed by atoms with van der Waals surface area (Å²) >= 11 is 1.31. The summed E-state index contributed by atoms with van der Waals surface area (Å²) in [6.07, 6.45) is 1.97. The van der Waals surface area contributed by atoms with Crippen molar-refractivity contribution in [3.8, 4) is 11.3 Å². The molecule has 4 heteroatoms. The van der Waals surface area contributed by atoms with Gasteiger partial charge in [-0.15, -0.1) is 11.3 Å². The van der Waals surface area contributed by atoms with E-state index in [0.29, 0.717) is 16.5 Å². The molecule has 0 saturated heterocycles. The predicted molar refractivity (Wildman–Crippen MR) is 77.8 cm³/mol. The van der Waals surface area contributed by atoms with E-state index in [-0.39, 0.29) is 0 Å². The smallest absolute Gasteiger partial charge is 0.348 e. The third-order valence-corrected chi connectivity index (χ3v) is 4.43. The van der Waals surface area contributed by atoms with Crippen molar-refractivity contribution < 1.29 is 9.90 Å². The van der Waals surface area contributed by atoms with Crippen molar-refractivity contribution in [2.24, 2.45) is 0 Å². The van der Waals surface area contributed by atoms with Gasteiger partial charge in [0.15, 0.2) is 0 Å². The molecule has 0 unspecified atom stereocenters. The summed E-state index contributed by atoms with van der Waals surface area (Å²) in [4.78, 5) is 16.3. The first-order valence-electron chi connectivity index (χ1n) is 6.46. The van der Waals surface area contributed by atoms with Crippen LogP contribution in [0.3, 0.4) is 0 Å². The number of carboxylic acid groups (broad SMARTS) is 1. The molecule has 1 N–H and O–H groups in total. The highest BCUT2D eigenvalue weighted by Gasteiger charge is 2.21. The highest BCUT2D eigenvalue weighted by molar-refractivity contribution is 7.14. The number of hydrogen-bond acceptors (Lipinski definition) is 3. The Morgan fingerprint density at radius 2 is 1.89 bits per heavy atom. The van der Waals surface area contributed by atoms with Crippen LogP contribution in [0, 0.1) is 0 Å². The zero-order chi connectivity index (χ0) is 13.8. The SMILES string of the molecule is CCC(CC)c1nc(-c2ccccc2)c(C(=O)O)s1. The van der Waals surface area contributed by atoms with Crippen molar-refractivity contribution in [1.29, 1.82) is 0 Å². The number of thiazole rings is 1. The Bertz CT molecular complexity index is 559. The van der Waals surface area contributed by atoms with E-state index in [1.807, 2.05) is 30.3 Å². The number of benzene rings is 1. The maximum atomic E-state index is 11.4. The molecule has 2 aromatic rings. The van der Waals surface area contributed by atoms with E-state index in [4.69, 9.17) is 0 Å². The Morgan fingerprint density at radius 1 is 1.26 bits per heavy atom. The Morgan fingerprint density at radius 3 is 2.42 bits per heavy atom.